The number of carbonyl (C=O) groups is 2. The van der Waals surface area contributed by atoms with Crippen molar-refractivity contribution in [2.45, 2.75) is 44.6 Å². The van der Waals surface area contributed by atoms with E-state index in [1.165, 1.54) is 0 Å². The summed E-state index contributed by atoms with van der Waals surface area (Å²) in [5.74, 6) is 0.738. The highest BCUT2D eigenvalue weighted by Gasteiger charge is 2.34. The van der Waals surface area contributed by atoms with Crippen LogP contribution in [0.4, 0.5) is 0 Å². The summed E-state index contributed by atoms with van der Waals surface area (Å²) >= 11 is 0. The molecule has 2 atom stereocenters. The highest BCUT2D eigenvalue weighted by atomic mass is 16.2. The summed E-state index contributed by atoms with van der Waals surface area (Å²) in [6, 6.07) is 11.7. The highest BCUT2D eigenvalue weighted by molar-refractivity contribution is 5.91. The molecule has 0 saturated carbocycles. The van der Waals surface area contributed by atoms with Gasteiger partial charge in [0.2, 0.25) is 11.8 Å². The SMILES string of the molecule is Cc1ccccc1-c1cnc(-c2ccncc2)nc1C1CCCN(C(=O)C2CCC(=O)N2)C1. The van der Waals surface area contributed by atoms with Crippen LogP contribution in [0.5, 0.6) is 0 Å². The van der Waals surface area contributed by atoms with Gasteiger partial charge in [0, 0.05) is 55.1 Å². The Morgan fingerprint density at radius 3 is 2.67 bits per heavy atom. The van der Waals surface area contributed by atoms with Crippen molar-refractivity contribution in [3.8, 4) is 22.5 Å². The second-order valence-corrected chi connectivity index (χ2v) is 8.83. The zero-order chi connectivity index (χ0) is 22.8. The smallest absolute Gasteiger partial charge is 0.245 e. The quantitative estimate of drug-likeness (QED) is 0.670. The van der Waals surface area contributed by atoms with E-state index in [0.717, 1.165) is 40.8 Å². The van der Waals surface area contributed by atoms with Crippen LogP contribution in [0.15, 0.2) is 55.0 Å². The first-order valence-corrected chi connectivity index (χ1v) is 11.5. The van der Waals surface area contributed by atoms with E-state index in [-0.39, 0.29) is 17.7 Å². The number of aryl methyl sites for hydroxylation is 1. The number of piperidine rings is 1. The van der Waals surface area contributed by atoms with E-state index >= 15 is 0 Å². The molecule has 0 aliphatic carbocycles. The average molecular weight is 442 g/mol. The van der Waals surface area contributed by atoms with Gasteiger partial charge in [0.1, 0.15) is 6.04 Å². The van der Waals surface area contributed by atoms with Crippen LogP contribution in [0.25, 0.3) is 22.5 Å². The molecule has 5 rings (SSSR count). The van der Waals surface area contributed by atoms with Gasteiger partial charge in [-0.15, -0.1) is 0 Å². The lowest BCUT2D eigenvalue weighted by Gasteiger charge is -2.34. The molecule has 2 unspecified atom stereocenters. The summed E-state index contributed by atoms with van der Waals surface area (Å²) in [7, 11) is 0. The maximum absolute atomic E-state index is 13.1. The number of rotatable bonds is 4. The first-order valence-electron chi connectivity index (χ1n) is 11.5. The number of nitrogens with zero attached hydrogens (tertiary/aromatic N) is 4. The summed E-state index contributed by atoms with van der Waals surface area (Å²) in [5, 5.41) is 2.82. The predicted molar refractivity (Wildman–Crippen MR) is 125 cm³/mol. The van der Waals surface area contributed by atoms with Gasteiger partial charge in [0.25, 0.3) is 0 Å². The van der Waals surface area contributed by atoms with Gasteiger partial charge in [-0.05, 0) is 49.4 Å². The molecular formula is C26H27N5O2. The lowest BCUT2D eigenvalue weighted by molar-refractivity contribution is -0.135. The van der Waals surface area contributed by atoms with Crippen molar-refractivity contribution in [2.24, 2.45) is 0 Å². The fraction of sp³-hybridized carbons (Fsp3) is 0.346. The molecule has 2 saturated heterocycles. The third-order valence-electron chi connectivity index (χ3n) is 6.61. The summed E-state index contributed by atoms with van der Waals surface area (Å²) in [4.78, 5) is 40.4. The van der Waals surface area contributed by atoms with E-state index in [2.05, 4.69) is 34.3 Å². The zero-order valence-corrected chi connectivity index (χ0v) is 18.7. The third-order valence-corrected chi connectivity index (χ3v) is 6.61. The molecule has 2 amide bonds. The van der Waals surface area contributed by atoms with E-state index in [4.69, 9.17) is 4.98 Å². The van der Waals surface area contributed by atoms with Crippen LogP contribution in [-0.4, -0.2) is 50.8 Å². The van der Waals surface area contributed by atoms with Crippen LogP contribution < -0.4 is 5.32 Å². The molecule has 2 fully saturated rings. The number of pyridine rings is 1. The van der Waals surface area contributed by atoms with Gasteiger partial charge in [-0.2, -0.15) is 0 Å². The first kappa shape index (κ1) is 21.2. The average Bonchev–Trinajstić information content (AvgIpc) is 3.30. The van der Waals surface area contributed by atoms with Gasteiger partial charge in [-0.1, -0.05) is 24.3 Å². The largest absolute Gasteiger partial charge is 0.344 e. The third kappa shape index (κ3) is 4.35. The molecule has 1 N–H and O–H groups in total. The normalized spacial score (nSPS) is 20.5. The standard InChI is InChI=1S/C26H27N5O2/c1-17-5-2-3-7-20(17)21-15-28-25(18-10-12-27-13-11-18)30-24(21)19-6-4-14-31(16-19)26(33)22-8-9-23(32)29-22/h2-3,5,7,10-13,15,19,22H,4,6,8-9,14,16H2,1H3,(H,29,32). The highest BCUT2D eigenvalue weighted by Crippen LogP contribution is 2.35. The van der Waals surface area contributed by atoms with E-state index in [1.807, 2.05) is 35.4 Å². The summed E-state index contributed by atoms with van der Waals surface area (Å²) in [6.45, 7) is 3.40. The molecule has 168 valence electrons. The Hall–Kier alpha value is -3.61. The second-order valence-electron chi connectivity index (χ2n) is 8.83. The van der Waals surface area contributed by atoms with Crippen LogP contribution in [-0.2, 0) is 9.59 Å². The molecule has 3 aromatic rings. The number of benzene rings is 1. The van der Waals surface area contributed by atoms with Crippen molar-refractivity contribution in [2.75, 3.05) is 13.1 Å². The number of hydrogen-bond acceptors (Lipinski definition) is 5. The Morgan fingerprint density at radius 1 is 1.09 bits per heavy atom. The van der Waals surface area contributed by atoms with Crippen LogP contribution in [0.3, 0.4) is 0 Å². The van der Waals surface area contributed by atoms with E-state index in [9.17, 15) is 9.59 Å². The van der Waals surface area contributed by atoms with Gasteiger partial charge >= 0.3 is 0 Å². The van der Waals surface area contributed by atoms with Crippen LogP contribution in [0.1, 0.15) is 42.9 Å². The molecule has 0 spiro atoms. The molecule has 2 aliphatic rings. The van der Waals surface area contributed by atoms with E-state index in [0.29, 0.717) is 31.8 Å². The van der Waals surface area contributed by atoms with E-state index in [1.54, 1.807) is 12.4 Å². The number of carbonyl (C=O) groups excluding carboxylic acids is 2. The molecule has 4 heterocycles. The zero-order valence-electron chi connectivity index (χ0n) is 18.7. The number of amides is 2. The van der Waals surface area contributed by atoms with Gasteiger partial charge in [0.05, 0.1) is 5.69 Å². The maximum Gasteiger partial charge on any atom is 0.245 e. The minimum absolute atomic E-state index is 0.0198. The molecule has 7 heteroatoms. The van der Waals surface area contributed by atoms with Crippen molar-refractivity contribution >= 4 is 11.8 Å². The lowest BCUT2D eigenvalue weighted by Crippen LogP contribution is -2.48. The Kier molecular flexibility index (Phi) is 5.86. The van der Waals surface area contributed by atoms with Crippen LogP contribution in [0.2, 0.25) is 0 Å². The minimum Gasteiger partial charge on any atom is -0.344 e. The fourth-order valence-corrected chi connectivity index (χ4v) is 4.85. The van der Waals surface area contributed by atoms with Gasteiger partial charge in [0.15, 0.2) is 5.82 Å². The van der Waals surface area contributed by atoms with Gasteiger partial charge in [-0.25, -0.2) is 9.97 Å². The molecule has 2 aliphatic heterocycles. The van der Waals surface area contributed by atoms with E-state index < -0.39 is 6.04 Å². The molecule has 2 aromatic heterocycles. The van der Waals surface area contributed by atoms with Crippen LogP contribution >= 0.6 is 0 Å². The van der Waals surface area contributed by atoms with Gasteiger partial charge < -0.3 is 10.2 Å². The molecule has 0 bridgehead atoms. The van der Waals surface area contributed by atoms with Crippen molar-refractivity contribution in [3.63, 3.8) is 0 Å². The Bertz CT molecular complexity index is 1180. The second kappa shape index (κ2) is 9.10. The molecule has 7 nitrogen and oxygen atoms in total. The summed E-state index contributed by atoms with van der Waals surface area (Å²) in [6.07, 6.45) is 8.25. The first-order chi connectivity index (χ1) is 16.1. The minimum atomic E-state index is -0.398. The molecule has 1 aromatic carbocycles. The van der Waals surface area contributed by atoms with Crippen molar-refractivity contribution < 1.29 is 9.59 Å². The number of likely N-dealkylation sites (tertiary alicyclic amines) is 1. The lowest BCUT2D eigenvalue weighted by atomic mass is 9.88. The molecular weight excluding hydrogens is 414 g/mol. The predicted octanol–water partition coefficient (Wildman–Crippen LogP) is 3.50. The number of hydrogen-bond donors (Lipinski definition) is 1. The fourth-order valence-electron chi connectivity index (χ4n) is 4.85. The number of nitrogens with one attached hydrogen (secondary N) is 1. The summed E-state index contributed by atoms with van der Waals surface area (Å²) < 4.78 is 0. The van der Waals surface area contributed by atoms with Crippen molar-refractivity contribution in [3.05, 3.63) is 66.2 Å². The Morgan fingerprint density at radius 2 is 1.91 bits per heavy atom. The summed E-state index contributed by atoms with van der Waals surface area (Å²) in [5.41, 5.74) is 5.18. The Balaban J connectivity index is 1.51. The topological polar surface area (TPSA) is 88.1 Å². The number of aromatic nitrogens is 3. The molecule has 0 radical (unpaired) electrons. The van der Waals surface area contributed by atoms with Crippen molar-refractivity contribution in [1.29, 1.82) is 0 Å². The monoisotopic (exact) mass is 441 g/mol. The molecule has 33 heavy (non-hydrogen) atoms. The van der Waals surface area contributed by atoms with Crippen LogP contribution in [0, 0.1) is 6.92 Å². The maximum atomic E-state index is 13.1. The van der Waals surface area contributed by atoms with Gasteiger partial charge in [-0.3, -0.25) is 14.6 Å². The van der Waals surface area contributed by atoms with Crippen molar-refractivity contribution in [1.82, 2.24) is 25.2 Å². The Labute approximate surface area is 193 Å².